The third-order valence-electron chi connectivity index (χ3n) is 1.38. The van der Waals surface area contributed by atoms with Gasteiger partial charge in [0.1, 0.15) is 0 Å². The first-order valence-electron chi connectivity index (χ1n) is 3.73. The molecule has 0 N–H and O–H groups in total. The number of aryl methyl sites for hydroxylation is 1. The molecule has 11 heavy (non-hydrogen) atoms. The lowest BCUT2D eigenvalue weighted by Gasteiger charge is -1.93. The maximum absolute atomic E-state index is 6.50. The molecule has 0 saturated carbocycles. The SMILES string of the molecule is C#N.CCCc1ccccc1. The summed E-state index contributed by atoms with van der Waals surface area (Å²) in [5.74, 6) is 0. The van der Waals surface area contributed by atoms with Gasteiger partial charge < -0.3 is 0 Å². The highest BCUT2D eigenvalue weighted by Gasteiger charge is 1.84. The molecule has 0 aliphatic heterocycles. The Labute approximate surface area is 68.3 Å². The number of rotatable bonds is 2. The molecule has 58 valence electrons. The molecule has 1 aromatic rings. The second-order valence-electron chi connectivity index (χ2n) is 2.24. The van der Waals surface area contributed by atoms with Gasteiger partial charge in [0, 0.05) is 6.57 Å². The Hall–Kier alpha value is -1.29. The molecule has 1 aromatic carbocycles. The van der Waals surface area contributed by atoms with Crippen molar-refractivity contribution in [1.29, 1.82) is 5.26 Å². The summed E-state index contributed by atoms with van der Waals surface area (Å²) in [6, 6.07) is 10.6. The van der Waals surface area contributed by atoms with Gasteiger partial charge in [-0.05, 0) is 12.0 Å². The summed E-state index contributed by atoms with van der Waals surface area (Å²) in [7, 11) is 0. The van der Waals surface area contributed by atoms with Crippen LogP contribution in [0.1, 0.15) is 18.9 Å². The Morgan fingerprint density at radius 1 is 1.18 bits per heavy atom. The van der Waals surface area contributed by atoms with Gasteiger partial charge in [-0.3, -0.25) is 0 Å². The number of nitrogens with zero attached hydrogens (tertiary/aromatic N) is 1. The van der Waals surface area contributed by atoms with Crippen LogP contribution in [-0.2, 0) is 6.42 Å². The smallest absolute Gasteiger partial charge is 0.0462 e. The maximum atomic E-state index is 6.50. The van der Waals surface area contributed by atoms with E-state index in [4.69, 9.17) is 5.26 Å². The molecule has 0 bridgehead atoms. The van der Waals surface area contributed by atoms with Crippen LogP contribution >= 0.6 is 0 Å². The van der Waals surface area contributed by atoms with Gasteiger partial charge in [0.05, 0.1) is 0 Å². The molecule has 0 fully saturated rings. The molecule has 0 saturated heterocycles. The predicted molar refractivity (Wildman–Crippen MR) is 47.1 cm³/mol. The minimum atomic E-state index is 1.21. The fourth-order valence-electron chi connectivity index (χ4n) is 0.933. The first kappa shape index (κ1) is 9.71. The summed E-state index contributed by atoms with van der Waals surface area (Å²) in [6.45, 7) is 5.70. The molecule has 0 aliphatic rings. The molecule has 0 atom stereocenters. The van der Waals surface area contributed by atoms with Gasteiger partial charge in [-0.25, -0.2) is 5.26 Å². The van der Waals surface area contributed by atoms with Crippen molar-refractivity contribution in [2.45, 2.75) is 19.8 Å². The first-order chi connectivity index (χ1) is 5.43. The van der Waals surface area contributed by atoms with Gasteiger partial charge in [0.15, 0.2) is 0 Å². The van der Waals surface area contributed by atoms with Crippen molar-refractivity contribution < 1.29 is 0 Å². The van der Waals surface area contributed by atoms with Gasteiger partial charge >= 0.3 is 0 Å². The van der Waals surface area contributed by atoms with Crippen LogP contribution in [0.4, 0.5) is 0 Å². The second kappa shape index (κ2) is 6.82. The third kappa shape index (κ3) is 4.16. The summed E-state index contributed by atoms with van der Waals surface area (Å²) in [5, 5.41) is 6.50. The van der Waals surface area contributed by atoms with Crippen LogP contribution in [0.25, 0.3) is 0 Å². The lowest BCUT2D eigenvalue weighted by molar-refractivity contribution is 0.922. The van der Waals surface area contributed by atoms with E-state index in [0.717, 1.165) is 0 Å². The molecule has 0 amide bonds. The molecular weight excluding hydrogens is 134 g/mol. The average Bonchev–Trinajstić information content (AvgIpc) is 2.11. The molecule has 1 nitrogen and oxygen atoms in total. The van der Waals surface area contributed by atoms with Crippen molar-refractivity contribution in [3.8, 4) is 6.57 Å². The summed E-state index contributed by atoms with van der Waals surface area (Å²) >= 11 is 0. The Kier molecular flexibility index (Phi) is 6.02. The van der Waals surface area contributed by atoms with E-state index >= 15 is 0 Å². The molecule has 0 heterocycles. The van der Waals surface area contributed by atoms with E-state index in [9.17, 15) is 0 Å². The topological polar surface area (TPSA) is 23.8 Å². The van der Waals surface area contributed by atoms with Gasteiger partial charge in [0.25, 0.3) is 0 Å². The highest BCUT2D eigenvalue weighted by atomic mass is 14.2. The van der Waals surface area contributed by atoms with E-state index in [2.05, 4.69) is 43.8 Å². The Morgan fingerprint density at radius 3 is 2.18 bits per heavy atom. The normalized spacial score (nSPS) is 7.91. The predicted octanol–water partition coefficient (Wildman–Crippen LogP) is 2.78. The lowest BCUT2D eigenvalue weighted by Crippen LogP contribution is -1.78. The minimum absolute atomic E-state index is 1.21. The molecule has 0 spiro atoms. The Balaban J connectivity index is 0.000000461. The zero-order chi connectivity index (χ0) is 8.53. The van der Waals surface area contributed by atoms with Crippen molar-refractivity contribution in [2.75, 3.05) is 0 Å². The number of hydrogen-bond acceptors (Lipinski definition) is 1. The zero-order valence-electron chi connectivity index (χ0n) is 6.83. The highest BCUT2D eigenvalue weighted by molar-refractivity contribution is 5.14. The van der Waals surface area contributed by atoms with Crippen molar-refractivity contribution in [3.05, 3.63) is 35.9 Å². The van der Waals surface area contributed by atoms with E-state index < -0.39 is 0 Å². The molecule has 0 unspecified atom stereocenters. The summed E-state index contributed by atoms with van der Waals surface area (Å²) in [4.78, 5) is 0. The van der Waals surface area contributed by atoms with Crippen LogP contribution < -0.4 is 0 Å². The standard InChI is InChI=1S/C9H12.CHN/c1-2-6-9-7-4-3-5-8-9;1-2/h3-5,7-8H,2,6H2,1H3;1H. The summed E-state index contributed by atoms with van der Waals surface area (Å²) in [5.41, 5.74) is 1.44. The average molecular weight is 147 g/mol. The van der Waals surface area contributed by atoms with Gasteiger partial charge in [-0.15, -0.1) is 0 Å². The van der Waals surface area contributed by atoms with Gasteiger partial charge in [-0.1, -0.05) is 43.7 Å². The third-order valence-corrected chi connectivity index (χ3v) is 1.38. The van der Waals surface area contributed by atoms with Crippen molar-refractivity contribution >= 4 is 0 Å². The highest BCUT2D eigenvalue weighted by Crippen LogP contribution is 2.00. The fraction of sp³-hybridized carbons (Fsp3) is 0.300. The van der Waals surface area contributed by atoms with E-state index in [1.807, 2.05) is 0 Å². The first-order valence-corrected chi connectivity index (χ1v) is 3.73. The van der Waals surface area contributed by atoms with E-state index in [0.29, 0.717) is 0 Å². The number of benzene rings is 1. The molecule has 1 rings (SSSR count). The number of nitriles is 1. The fourth-order valence-corrected chi connectivity index (χ4v) is 0.933. The Bertz CT molecular complexity index is 189. The van der Waals surface area contributed by atoms with Gasteiger partial charge in [-0.2, -0.15) is 0 Å². The maximum Gasteiger partial charge on any atom is 0.0462 e. The molecule has 0 radical (unpaired) electrons. The van der Waals surface area contributed by atoms with Crippen LogP contribution in [0.3, 0.4) is 0 Å². The summed E-state index contributed by atoms with van der Waals surface area (Å²) in [6.07, 6.45) is 2.45. The lowest BCUT2D eigenvalue weighted by atomic mass is 10.1. The molecule has 1 heteroatoms. The van der Waals surface area contributed by atoms with E-state index in [1.165, 1.54) is 18.4 Å². The van der Waals surface area contributed by atoms with E-state index in [-0.39, 0.29) is 0 Å². The summed E-state index contributed by atoms with van der Waals surface area (Å²) < 4.78 is 0. The quantitative estimate of drug-likeness (QED) is 0.631. The van der Waals surface area contributed by atoms with Crippen LogP contribution in [0.5, 0.6) is 0 Å². The molecular formula is C10H13N. The second-order valence-corrected chi connectivity index (χ2v) is 2.24. The van der Waals surface area contributed by atoms with Crippen LogP contribution in [-0.4, -0.2) is 0 Å². The van der Waals surface area contributed by atoms with Crippen LogP contribution in [0, 0.1) is 11.8 Å². The van der Waals surface area contributed by atoms with Crippen molar-refractivity contribution in [3.63, 3.8) is 0 Å². The van der Waals surface area contributed by atoms with E-state index in [1.54, 1.807) is 0 Å². The molecule has 0 aromatic heterocycles. The van der Waals surface area contributed by atoms with Crippen LogP contribution in [0.2, 0.25) is 0 Å². The van der Waals surface area contributed by atoms with Gasteiger partial charge in [0.2, 0.25) is 0 Å². The Morgan fingerprint density at radius 2 is 1.73 bits per heavy atom. The largest absolute Gasteiger partial charge is 0.202 e. The number of hydrogen-bond donors (Lipinski definition) is 0. The molecule has 0 aliphatic carbocycles. The van der Waals surface area contributed by atoms with Crippen LogP contribution in [0.15, 0.2) is 30.3 Å². The van der Waals surface area contributed by atoms with Crippen molar-refractivity contribution in [1.82, 2.24) is 0 Å². The van der Waals surface area contributed by atoms with Crippen molar-refractivity contribution in [2.24, 2.45) is 0 Å². The minimum Gasteiger partial charge on any atom is -0.202 e. The monoisotopic (exact) mass is 147 g/mol. The zero-order valence-corrected chi connectivity index (χ0v) is 6.83.